The van der Waals surface area contributed by atoms with Crippen LogP contribution in [0.1, 0.15) is 20.1 Å². The Morgan fingerprint density at radius 1 is 1.69 bits per heavy atom. The van der Waals surface area contributed by atoms with Crippen LogP contribution in [0.4, 0.5) is 0 Å². The minimum Gasteiger partial charge on any atom is -0.437 e. The van der Waals surface area contributed by atoms with E-state index >= 15 is 0 Å². The van der Waals surface area contributed by atoms with E-state index in [2.05, 4.69) is 16.9 Å². The Bertz CT molecular complexity index is 305. The van der Waals surface area contributed by atoms with Crippen LogP contribution in [-0.2, 0) is 9.53 Å². The third kappa shape index (κ3) is 2.40. The Morgan fingerprint density at radius 3 is 2.85 bits per heavy atom. The van der Waals surface area contributed by atoms with Gasteiger partial charge in [-0.15, -0.1) is 5.10 Å². The molecule has 1 unspecified atom stereocenters. The third-order valence-electron chi connectivity index (χ3n) is 1.44. The van der Waals surface area contributed by atoms with Crippen molar-refractivity contribution in [3.8, 4) is 0 Å². The van der Waals surface area contributed by atoms with Gasteiger partial charge in [-0.1, -0.05) is 11.8 Å². The van der Waals surface area contributed by atoms with Gasteiger partial charge in [0.25, 0.3) is 0 Å². The number of carbonyl (C=O) groups excluding carboxylic acids is 1. The number of rotatable bonds is 3. The van der Waals surface area contributed by atoms with Crippen LogP contribution in [0.15, 0.2) is 24.5 Å². The SMILES string of the molecule is C=C(C)C(=O)OC(C)n1ccnn1. The number of esters is 1. The minimum absolute atomic E-state index is 0.368. The molecule has 0 aliphatic heterocycles. The first-order chi connectivity index (χ1) is 6.11. The van der Waals surface area contributed by atoms with Gasteiger partial charge < -0.3 is 4.74 Å². The van der Waals surface area contributed by atoms with Crippen LogP contribution in [0.3, 0.4) is 0 Å². The zero-order valence-corrected chi connectivity index (χ0v) is 7.60. The molecule has 0 fully saturated rings. The van der Waals surface area contributed by atoms with Crippen molar-refractivity contribution in [3.63, 3.8) is 0 Å². The lowest BCUT2D eigenvalue weighted by molar-refractivity contribution is -0.148. The van der Waals surface area contributed by atoms with Gasteiger partial charge in [0.1, 0.15) is 0 Å². The molecule has 1 heterocycles. The van der Waals surface area contributed by atoms with Gasteiger partial charge >= 0.3 is 5.97 Å². The summed E-state index contributed by atoms with van der Waals surface area (Å²) in [6, 6.07) is 0. The van der Waals surface area contributed by atoms with Crippen LogP contribution in [0.2, 0.25) is 0 Å². The van der Waals surface area contributed by atoms with Crippen LogP contribution in [0.5, 0.6) is 0 Å². The molecule has 0 spiro atoms. The maximum atomic E-state index is 11.1. The Morgan fingerprint density at radius 2 is 2.38 bits per heavy atom. The van der Waals surface area contributed by atoms with E-state index in [-0.39, 0.29) is 0 Å². The number of ether oxygens (including phenoxy) is 1. The lowest BCUT2D eigenvalue weighted by atomic mass is 10.4. The molecule has 1 aromatic rings. The molecule has 1 rings (SSSR count). The Kier molecular flexibility index (Phi) is 2.79. The van der Waals surface area contributed by atoms with Crippen LogP contribution in [-0.4, -0.2) is 21.0 Å². The summed E-state index contributed by atoms with van der Waals surface area (Å²) in [5.41, 5.74) is 0.368. The zero-order valence-electron chi connectivity index (χ0n) is 7.60. The van der Waals surface area contributed by atoms with Crippen LogP contribution >= 0.6 is 0 Å². The molecule has 0 amide bonds. The van der Waals surface area contributed by atoms with E-state index in [0.29, 0.717) is 5.57 Å². The zero-order chi connectivity index (χ0) is 9.84. The van der Waals surface area contributed by atoms with E-state index in [1.165, 1.54) is 10.9 Å². The van der Waals surface area contributed by atoms with Gasteiger partial charge in [-0.05, 0) is 13.8 Å². The van der Waals surface area contributed by atoms with E-state index in [4.69, 9.17) is 4.74 Å². The molecule has 0 aromatic carbocycles. The highest BCUT2D eigenvalue weighted by atomic mass is 16.6. The highest BCUT2D eigenvalue weighted by molar-refractivity contribution is 5.86. The predicted octanol–water partition coefficient (Wildman–Crippen LogP) is 0.916. The van der Waals surface area contributed by atoms with E-state index < -0.39 is 12.2 Å². The van der Waals surface area contributed by atoms with Gasteiger partial charge in [0, 0.05) is 11.8 Å². The maximum absolute atomic E-state index is 11.1. The third-order valence-corrected chi connectivity index (χ3v) is 1.44. The van der Waals surface area contributed by atoms with Crippen molar-refractivity contribution in [1.29, 1.82) is 0 Å². The molecule has 5 nitrogen and oxygen atoms in total. The fourth-order valence-corrected chi connectivity index (χ4v) is 0.721. The van der Waals surface area contributed by atoms with Crippen molar-refractivity contribution >= 4 is 5.97 Å². The molecule has 1 atom stereocenters. The molecule has 0 bridgehead atoms. The van der Waals surface area contributed by atoms with Gasteiger partial charge in [-0.2, -0.15) is 0 Å². The molecule has 70 valence electrons. The summed E-state index contributed by atoms with van der Waals surface area (Å²) in [5.74, 6) is -0.428. The Labute approximate surface area is 76.0 Å². The molecule has 1 aromatic heterocycles. The normalized spacial score (nSPS) is 12.2. The molecule has 0 aliphatic carbocycles. The second-order valence-corrected chi connectivity index (χ2v) is 2.67. The molecule has 0 saturated heterocycles. The quantitative estimate of drug-likeness (QED) is 0.514. The highest BCUT2D eigenvalue weighted by Crippen LogP contribution is 2.06. The van der Waals surface area contributed by atoms with Gasteiger partial charge in [-0.25, -0.2) is 9.48 Å². The molecular weight excluding hydrogens is 170 g/mol. The van der Waals surface area contributed by atoms with Crippen molar-refractivity contribution in [1.82, 2.24) is 15.0 Å². The first-order valence-electron chi connectivity index (χ1n) is 3.83. The summed E-state index contributed by atoms with van der Waals surface area (Å²) < 4.78 is 6.42. The van der Waals surface area contributed by atoms with Crippen molar-refractivity contribution in [2.45, 2.75) is 20.1 Å². The molecular formula is C8H11N3O2. The minimum atomic E-state index is -0.452. The molecule has 0 saturated carbocycles. The second-order valence-electron chi connectivity index (χ2n) is 2.67. The number of hydrogen-bond donors (Lipinski definition) is 0. The van der Waals surface area contributed by atoms with E-state index in [1.807, 2.05) is 0 Å². The lowest BCUT2D eigenvalue weighted by Crippen LogP contribution is -2.15. The maximum Gasteiger partial charge on any atom is 0.335 e. The number of hydrogen-bond acceptors (Lipinski definition) is 4. The average molecular weight is 181 g/mol. The summed E-state index contributed by atoms with van der Waals surface area (Å²) in [7, 11) is 0. The smallest absolute Gasteiger partial charge is 0.335 e. The number of aromatic nitrogens is 3. The molecule has 0 radical (unpaired) electrons. The van der Waals surface area contributed by atoms with Gasteiger partial charge in [-0.3, -0.25) is 0 Å². The van der Waals surface area contributed by atoms with Gasteiger partial charge in [0.15, 0.2) is 6.23 Å². The fourth-order valence-electron chi connectivity index (χ4n) is 0.721. The van der Waals surface area contributed by atoms with E-state index in [9.17, 15) is 4.79 Å². The standard InChI is InChI=1S/C8H11N3O2/c1-6(2)8(12)13-7(3)11-5-4-9-10-11/h4-5,7H,1H2,2-3H3. The number of carbonyl (C=O) groups is 1. The number of nitrogens with zero attached hydrogens (tertiary/aromatic N) is 3. The Balaban J connectivity index is 2.56. The molecule has 13 heavy (non-hydrogen) atoms. The highest BCUT2D eigenvalue weighted by Gasteiger charge is 2.11. The lowest BCUT2D eigenvalue weighted by Gasteiger charge is -2.12. The summed E-state index contributed by atoms with van der Waals surface area (Å²) >= 11 is 0. The van der Waals surface area contributed by atoms with Crippen LogP contribution in [0, 0.1) is 0 Å². The van der Waals surface area contributed by atoms with Crippen molar-refractivity contribution in [2.24, 2.45) is 0 Å². The van der Waals surface area contributed by atoms with Crippen LogP contribution in [0.25, 0.3) is 0 Å². The predicted molar refractivity (Wildman–Crippen MR) is 45.6 cm³/mol. The molecule has 0 N–H and O–H groups in total. The largest absolute Gasteiger partial charge is 0.437 e. The topological polar surface area (TPSA) is 57.0 Å². The monoisotopic (exact) mass is 181 g/mol. The summed E-state index contributed by atoms with van der Waals surface area (Å²) in [5, 5.41) is 7.28. The second kappa shape index (κ2) is 3.84. The fraction of sp³-hybridized carbons (Fsp3) is 0.375. The first-order valence-corrected chi connectivity index (χ1v) is 3.83. The first kappa shape index (κ1) is 9.44. The van der Waals surface area contributed by atoms with E-state index in [1.54, 1.807) is 20.0 Å². The van der Waals surface area contributed by atoms with Gasteiger partial charge in [0.05, 0.1) is 6.20 Å². The summed E-state index contributed by atoms with van der Waals surface area (Å²) in [6.45, 7) is 6.77. The molecule has 0 aliphatic rings. The Hall–Kier alpha value is -1.65. The average Bonchev–Trinajstić information content (AvgIpc) is 2.55. The van der Waals surface area contributed by atoms with Crippen molar-refractivity contribution in [2.75, 3.05) is 0 Å². The summed E-state index contributed by atoms with van der Waals surface area (Å²) in [6.07, 6.45) is 2.69. The van der Waals surface area contributed by atoms with Crippen LogP contribution < -0.4 is 0 Å². The summed E-state index contributed by atoms with van der Waals surface area (Å²) in [4.78, 5) is 11.1. The van der Waals surface area contributed by atoms with E-state index in [0.717, 1.165) is 0 Å². The van der Waals surface area contributed by atoms with Crippen molar-refractivity contribution < 1.29 is 9.53 Å². The molecule has 5 heteroatoms. The van der Waals surface area contributed by atoms with Gasteiger partial charge in [0.2, 0.25) is 0 Å². The van der Waals surface area contributed by atoms with Crippen molar-refractivity contribution in [3.05, 3.63) is 24.5 Å².